The maximum atomic E-state index is 14.7. The summed E-state index contributed by atoms with van der Waals surface area (Å²) in [6.07, 6.45) is 7.65. The number of amides is 3. The Morgan fingerprint density at radius 2 is 1.95 bits per heavy atom. The summed E-state index contributed by atoms with van der Waals surface area (Å²) in [5, 5.41) is 2.71. The van der Waals surface area contributed by atoms with Crippen molar-refractivity contribution in [3.05, 3.63) is 47.8 Å². The molecule has 1 saturated heterocycles. The topological polar surface area (TPSA) is 95.3 Å². The number of carbonyl (C=O) groups is 2. The number of fused-ring (bicyclic) bond motifs is 2. The summed E-state index contributed by atoms with van der Waals surface area (Å²) in [6, 6.07) is 2.95. The van der Waals surface area contributed by atoms with E-state index >= 15 is 0 Å². The highest BCUT2D eigenvalue weighted by molar-refractivity contribution is 6.03. The number of aryl methyl sites for hydroxylation is 1. The van der Waals surface area contributed by atoms with E-state index in [1.165, 1.54) is 12.3 Å². The molecule has 6 rings (SSSR count). The van der Waals surface area contributed by atoms with Crippen molar-refractivity contribution in [2.45, 2.75) is 58.6 Å². The van der Waals surface area contributed by atoms with Crippen LogP contribution in [0.3, 0.4) is 0 Å². The minimum Gasteiger partial charge on any atom is -0.444 e. The summed E-state index contributed by atoms with van der Waals surface area (Å²) in [5.41, 5.74) is 2.82. The number of ether oxygens (including phenoxy) is 1. The molecule has 1 saturated carbocycles. The first kappa shape index (κ1) is 25.4. The second-order valence-corrected chi connectivity index (χ2v) is 11.7. The zero-order valence-corrected chi connectivity index (χ0v) is 22.8. The molecule has 1 N–H and O–H groups in total. The van der Waals surface area contributed by atoms with Crippen LogP contribution in [0.25, 0.3) is 5.65 Å². The molecule has 1 atom stereocenters. The Balaban J connectivity index is 1.20. The van der Waals surface area contributed by atoms with Gasteiger partial charge in [-0.3, -0.25) is 4.90 Å². The minimum atomic E-state index is -0.545. The standard InChI is InChI=1S/C28H34FN7O3/c1-17-14-34-15-21(20(29)13-24(34)31-17)32-26(37)36-10-8-19-22(7-9-30-25(19)36)33-11-12-35(23(16-33)18-5-6-18)27(38)39-28(2,3)4/h7,9,13-15,18,23H,5-6,8,10-12,16H2,1-4H3,(H,32,37)/t23-/m1/s1. The second kappa shape index (κ2) is 9.39. The van der Waals surface area contributed by atoms with E-state index in [1.807, 2.05) is 38.7 Å². The summed E-state index contributed by atoms with van der Waals surface area (Å²) < 4.78 is 22.1. The van der Waals surface area contributed by atoms with Gasteiger partial charge in [0.2, 0.25) is 0 Å². The van der Waals surface area contributed by atoms with Gasteiger partial charge >= 0.3 is 12.1 Å². The molecule has 0 unspecified atom stereocenters. The van der Waals surface area contributed by atoms with E-state index in [0.29, 0.717) is 50.0 Å². The van der Waals surface area contributed by atoms with Crippen molar-refractivity contribution in [1.29, 1.82) is 0 Å². The number of imidazole rings is 1. The van der Waals surface area contributed by atoms with Gasteiger partial charge in [0.1, 0.15) is 17.1 Å². The van der Waals surface area contributed by atoms with E-state index in [2.05, 4.69) is 20.2 Å². The molecule has 0 bridgehead atoms. The molecule has 3 aliphatic rings. The Kier molecular flexibility index (Phi) is 6.11. The van der Waals surface area contributed by atoms with Gasteiger partial charge in [0.05, 0.1) is 17.4 Å². The fourth-order valence-electron chi connectivity index (χ4n) is 5.64. The number of nitrogens with zero attached hydrogens (tertiary/aromatic N) is 6. The summed E-state index contributed by atoms with van der Waals surface area (Å²) in [5.74, 6) is 0.517. The third-order valence-corrected chi connectivity index (χ3v) is 7.55. The highest BCUT2D eigenvalue weighted by Crippen LogP contribution is 2.40. The largest absolute Gasteiger partial charge is 0.444 e. The van der Waals surface area contributed by atoms with E-state index in [9.17, 15) is 14.0 Å². The maximum Gasteiger partial charge on any atom is 0.410 e. The number of rotatable bonds is 3. The van der Waals surface area contributed by atoms with Crippen molar-refractivity contribution >= 4 is 35.0 Å². The highest BCUT2D eigenvalue weighted by atomic mass is 19.1. The van der Waals surface area contributed by atoms with E-state index in [-0.39, 0.29) is 17.8 Å². The summed E-state index contributed by atoms with van der Waals surface area (Å²) in [7, 11) is 0. The number of nitrogens with one attached hydrogen (secondary N) is 1. The molecule has 3 aromatic rings. The third kappa shape index (κ3) is 4.97. The molecule has 0 spiro atoms. The molecular formula is C28H34FN7O3. The first-order valence-corrected chi connectivity index (χ1v) is 13.5. The van der Waals surface area contributed by atoms with Crippen molar-refractivity contribution in [2.75, 3.05) is 41.3 Å². The van der Waals surface area contributed by atoms with Gasteiger partial charge in [0.15, 0.2) is 5.82 Å². The van der Waals surface area contributed by atoms with Crippen molar-refractivity contribution in [3.63, 3.8) is 0 Å². The second-order valence-electron chi connectivity index (χ2n) is 11.7. The van der Waals surface area contributed by atoms with Crippen LogP contribution >= 0.6 is 0 Å². The molecule has 11 heteroatoms. The van der Waals surface area contributed by atoms with Gasteiger partial charge in [-0.05, 0) is 58.9 Å². The van der Waals surface area contributed by atoms with Gasteiger partial charge in [-0.25, -0.2) is 23.9 Å². The van der Waals surface area contributed by atoms with Gasteiger partial charge in [0, 0.05) is 62.1 Å². The van der Waals surface area contributed by atoms with Gasteiger partial charge in [-0.15, -0.1) is 0 Å². The predicted octanol–water partition coefficient (Wildman–Crippen LogP) is 4.61. The number of anilines is 3. The van der Waals surface area contributed by atoms with Crippen LogP contribution in [0, 0.1) is 18.7 Å². The van der Waals surface area contributed by atoms with Crippen LogP contribution in [-0.2, 0) is 11.2 Å². The quantitative estimate of drug-likeness (QED) is 0.527. The summed E-state index contributed by atoms with van der Waals surface area (Å²) in [4.78, 5) is 40.8. The molecule has 206 valence electrons. The molecular weight excluding hydrogens is 501 g/mol. The van der Waals surface area contributed by atoms with Crippen LogP contribution in [0.5, 0.6) is 0 Å². The monoisotopic (exact) mass is 535 g/mol. The van der Waals surface area contributed by atoms with Crippen LogP contribution in [0.2, 0.25) is 0 Å². The number of piperazine rings is 1. The molecule has 0 aromatic carbocycles. The maximum absolute atomic E-state index is 14.7. The summed E-state index contributed by atoms with van der Waals surface area (Å²) >= 11 is 0. The zero-order valence-electron chi connectivity index (χ0n) is 22.8. The third-order valence-electron chi connectivity index (χ3n) is 7.55. The van der Waals surface area contributed by atoms with Gasteiger partial charge in [-0.1, -0.05) is 0 Å². The molecule has 0 radical (unpaired) electrons. The van der Waals surface area contributed by atoms with Crippen molar-refractivity contribution in [3.8, 4) is 0 Å². The predicted molar refractivity (Wildman–Crippen MR) is 146 cm³/mol. The van der Waals surface area contributed by atoms with E-state index in [4.69, 9.17) is 4.74 Å². The van der Waals surface area contributed by atoms with E-state index in [0.717, 1.165) is 29.8 Å². The average molecular weight is 536 g/mol. The number of carbonyl (C=O) groups excluding carboxylic acids is 2. The fraction of sp³-hybridized carbons (Fsp3) is 0.500. The Bertz CT molecular complexity index is 1440. The van der Waals surface area contributed by atoms with Crippen molar-refractivity contribution in [2.24, 2.45) is 5.92 Å². The Labute approximate surface area is 226 Å². The molecule has 5 heterocycles. The Morgan fingerprint density at radius 1 is 1.15 bits per heavy atom. The minimum absolute atomic E-state index is 0.0834. The van der Waals surface area contributed by atoms with E-state index < -0.39 is 17.4 Å². The lowest BCUT2D eigenvalue weighted by Gasteiger charge is -2.43. The number of pyridine rings is 2. The van der Waals surface area contributed by atoms with Crippen LogP contribution in [0.4, 0.5) is 31.2 Å². The van der Waals surface area contributed by atoms with E-state index in [1.54, 1.807) is 21.7 Å². The number of halogens is 1. The van der Waals surface area contributed by atoms with Gasteiger partial charge < -0.3 is 24.3 Å². The molecule has 2 fully saturated rings. The molecule has 10 nitrogen and oxygen atoms in total. The van der Waals surface area contributed by atoms with Crippen LogP contribution in [-0.4, -0.2) is 69.2 Å². The van der Waals surface area contributed by atoms with Crippen molar-refractivity contribution < 1.29 is 18.7 Å². The first-order chi connectivity index (χ1) is 18.6. The van der Waals surface area contributed by atoms with Crippen LogP contribution in [0.1, 0.15) is 44.9 Å². The molecule has 39 heavy (non-hydrogen) atoms. The van der Waals surface area contributed by atoms with Crippen LogP contribution in [0.15, 0.2) is 30.7 Å². The number of hydrogen-bond acceptors (Lipinski definition) is 6. The molecule has 3 aromatic heterocycles. The number of urea groups is 1. The lowest BCUT2D eigenvalue weighted by atomic mass is 10.1. The highest BCUT2D eigenvalue weighted by Gasteiger charge is 2.43. The summed E-state index contributed by atoms with van der Waals surface area (Å²) in [6.45, 7) is 9.90. The molecule has 3 amide bonds. The lowest BCUT2D eigenvalue weighted by Crippen LogP contribution is -2.57. The number of hydrogen-bond donors (Lipinski definition) is 1. The van der Waals surface area contributed by atoms with Gasteiger partial charge in [0.25, 0.3) is 0 Å². The molecule has 2 aliphatic heterocycles. The normalized spacial score (nSPS) is 19.4. The lowest BCUT2D eigenvalue weighted by molar-refractivity contribution is 0.0116. The SMILES string of the molecule is Cc1cn2cc(NC(=O)N3CCc4c(N5CCN(C(=O)OC(C)(C)C)[C@@H](C6CC6)C5)ccnc43)c(F)cc2n1. The van der Waals surface area contributed by atoms with Crippen LogP contribution < -0.4 is 15.1 Å². The smallest absolute Gasteiger partial charge is 0.410 e. The van der Waals surface area contributed by atoms with Gasteiger partial charge in [-0.2, -0.15) is 0 Å². The number of aromatic nitrogens is 3. The Hall–Kier alpha value is -3.89. The first-order valence-electron chi connectivity index (χ1n) is 13.5. The Morgan fingerprint density at radius 3 is 2.69 bits per heavy atom. The fourth-order valence-corrected chi connectivity index (χ4v) is 5.64. The van der Waals surface area contributed by atoms with Crippen molar-refractivity contribution in [1.82, 2.24) is 19.3 Å². The zero-order chi connectivity index (χ0) is 27.5. The molecule has 1 aliphatic carbocycles. The average Bonchev–Trinajstić information content (AvgIpc) is 3.53.